The summed E-state index contributed by atoms with van der Waals surface area (Å²) in [6, 6.07) is -1.25. The van der Waals surface area contributed by atoms with Gasteiger partial charge >= 0.3 is 11.9 Å². The molecule has 19 heteroatoms. The Balaban J connectivity index is 1.65. The summed E-state index contributed by atoms with van der Waals surface area (Å²) in [4.78, 5) is 51.2. The fourth-order valence-corrected chi connectivity index (χ4v) is 11.1. The van der Waals surface area contributed by atoms with Crippen molar-refractivity contribution in [2.75, 3.05) is 87.2 Å². The largest absolute Gasteiger partial charge is 0.459 e. The van der Waals surface area contributed by atoms with Gasteiger partial charge in [-0.15, -0.1) is 0 Å². The predicted molar refractivity (Wildman–Crippen MR) is 264 cm³/mol. The van der Waals surface area contributed by atoms with Gasteiger partial charge in [0, 0.05) is 84.3 Å². The molecule has 0 radical (unpaired) electrons. The van der Waals surface area contributed by atoms with E-state index in [1.54, 1.807) is 41.7 Å². The normalized spacial score (nSPS) is 41.4. The van der Waals surface area contributed by atoms with Gasteiger partial charge in [0.25, 0.3) is 0 Å². The van der Waals surface area contributed by atoms with Crippen LogP contribution in [-0.4, -0.2) is 230 Å². The average Bonchev–Trinajstić information content (AvgIpc) is 3.32. The van der Waals surface area contributed by atoms with Crippen LogP contribution in [0.5, 0.6) is 0 Å². The van der Waals surface area contributed by atoms with Crippen molar-refractivity contribution in [3.8, 4) is 0 Å². The lowest BCUT2D eigenvalue weighted by atomic mass is 9.77. The first-order valence-electron chi connectivity index (χ1n) is 26.1. The molecular formula is C51H95N5O14. The third-order valence-corrected chi connectivity index (χ3v) is 16.1. The van der Waals surface area contributed by atoms with Crippen LogP contribution in [0, 0.1) is 17.8 Å². The van der Waals surface area contributed by atoms with Crippen LogP contribution >= 0.6 is 0 Å². The lowest BCUT2D eigenvalue weighted by Crippen LogP contribution is -2.61. The minimum Gasteiger partial charge on any atom is -0.459 e. The molecule has 0 saturated carbocycles. The van der Waals surface area contributed by atoms with Gasteiger partial charge in [0.05, 0.1) is 48.4 Å². The number of nitrogens with one attached hydrogen (secondary N) is 1. The van der Waals surface area contributed by atoms with E-state index in [2.05, 4.69) is 33.9 Å². The Morgan fingerprint density at radius 3 is 1.99 bits per heavy atom. The van der Waals surface area contributed by atoms with E-state index < -0.39 is 108 Å². The number of piperazine rings is 1. The molecule has 0 aromatic rings. The molecule has 0 aromatic carbocycles. The predicted octanol–water partition coefficient (Wildman–Crippen LogP) is 2.64. The van der Waals surface area contributed by atoms with Crippen molar-refractivity contribution in [1.82, 2.24) is 24.9 Å². The number of hydrogen-bond acceptors (Lipinski definition) is 18. The second-order valence-electron chi connectivity index (χ2n) is 21.7. The number of methoxy groups -OCH3 is 2. The first-order chi connectivity index (χ1) is 32.8. The van der Waals surface area contributed by atoms with Crippen LogP contribution in [0.25, 0.3) is 0 Å². The molecule has 4 N–H and O–H groups in total. The van der Waals surface area contributed by atoms with E-state index in [1.165, 1.54) is 14.0 Å². The highest BCUT2D eigenvalue weighted by Gasteiger charge is 2.54. The molecule has 1 amide bonds. The molecule has 0 bridgehead atoms. The van der Waals surface area contributed by atoms with Gasteiger partial charge in [-0.05, 0) is 94.9 Å². The molecule has 19 nitrogen and oxygen atoms in total. The zero-order valence-corrected chi connectivity index (χ0v) is 45.7. The van der Waals surface area contributed by atoms with Gasteiger partial charge in [-0.3, -0.25) is 19.3 Å². The number of aliphatic hydroxyl groups is 3. The molecule has 4 heterocycles. The molecule has 18 atom stereocenters. The van der Waals surface area contributed by atoms with Crippen molar-refractivity contribution >= 4 is 17.8 Å². The molecular weight excluding hydrogens is 907 g/mol. The minimum absolute atomic E-state index is 0.0844. The molecule has 0 spiro atoms. The maximum Gasteiger partial charge on any atom is 0.311 e. The first kappa shape index (κ1) is 60.4. The number of nitrogens with zero attached hydrogens (tertiary/aromatic N) is 4. The fourth-order valence-electron chi connectivity index (χ4n) is 11.1. The summed E-state index contributed by atoms with van der Waals surface area (Å²) >= 11 is 0. The van der Waals surface area contributed by atoms with E-state index in [1.807, 2.05) is 46.7 Å². The van der Waals surface area contributed by atoms with Crippen LogP contribution in [0.2, 0.25) is 0 Å². The zero-order chi connectivity index (χ0) is 52.5. The zero-order valence-electron chi connectivity index (χ0n) is 45.7. The maximum atomic E-state index is 14.6. The molecule has 0 aromatic heterocycles. The third kappa shape index (κ3) is 15.0. The molecule has 4 fully saturated rings. The number of cyclic esters (lactones) is 1. The topological polar surface area (TPSA) is 211 Å². The Kier molecular flexibility index (Phi) is 22.8. The van der Waals surface area contributed by atoms with E-state index in [-0.39, 0.29) is 43.8 Å². The molecule has 0 aliphatic carbocycles. The van der Waals surface area contributed by atoms with E-state index in [4.69, 9.17) is 37.9 Å². The Bertz CT molecular complexity index is 1640. The number of likely N-dealkylation sites (N-methyl/N-ethyl adjacent to an activating group) is 2. The van der Waals surface area contributed by atoms with Crippen molar-refractivity contribution in [2.45, 2.75) is 205 Å². The lowest BCUT2D eigenvalue weighted by molar-refractivity contribution is -0.320. The number of ether oxygens (including phenoxy) is 8. The van der Waals surface area contributed by atoms with Gasteiger partial charge in [-0.2, -0.15) is 0 Å². The van der Waals surface area contributed by atoms with Gasteiger partial charge in [-0.25, -0.2) is 0 Å². The van der Waals surface area contributed by atoms with E-state index in [9.17, 15) is 29.7 Å². The van der Waals surface area contributed by atoms with Gasteiger partial charge in [0.2, 0.25) is 5.91 Å². The average molecular weight is 1000 g/mol. The van der Waals surface area contributed by atoms with Crippen molar-refractivity contribution in [3.05, 3.63) is 0 Å². The van der Waals surface area contributed by atoms with Gasteiger partial charge < -0.3 is 73.2 Å². The Hall–Kier alpha value is -2.11. The van der Waals surface area contributed by atoms with Crippen LogP contribution in [0.3, 0.4) is 0 Å². The van der Waals surface area contributed by atoms with Gasteiger partial charge in [-0.1, -0.05) is 34.6 Å². The fraction of sp³-hybridized carbons (Fsp3) is 0.941. The molecule has 4 aliphatic heterocycles. The number of carbonyl (C=O) groups is 3. The van der Waals surface area contributed by atoms with Crippen LogP contribution in [0.15, 0.2) is 0 Å². The summed E-state index contributed by atoms with van der Waals surface area (Å²) < 4.78 is 51.6. The monoisotopic (exact) mass is 1000 g/mol. The number of aliphatic hydroxyl groups excluding tert-OH is 2. The smallest absolute Gasteiger partial charge is 0.311 e. The molecule has 0 unspecified atom stereocenters. The highest BCUT2D eigenvalue weighted by atomic mass is 16.7. The van der Waals surface area contributed by atoms with Crippen molar-refractivity contribution in [3.63, 3.8) is 0 Å². The molecule has 408 valence electrons. The Labute approximate surface area is 419 Å². The summed E-state index contributed by atoms with van der Waals surface area (Å²) in [6.45, 7) is 30.1. The molecule has 4 aliphatic rings. The van der Waals surface area contributed by atoms with Gasteiger partial charge in [0.1, 0.15) is 29.5 Å². The summed E-state index contributed by atoms with van der Waals surface area (Å²) in [7, 11) is 6.83. The Morgan fingerprint density at radius 1 is 0.843 bits per heavy atom. The number of esters is 2. The van der Waals surface area contributed by atoms with E-state index in [0.29, 0.717) is 13.0 Å². The first-order valence-corrected chi connectivity index (χ1v) is 26.1. The second kappa shape index (κ2) is 26.4. The highest BCUT2D eigenvalue weighted by Crippen LogP contribution is 2.41. The van der Waals surface area contributed by atoms with Crippen LogP contribution in [0.1, 0.15) is 115 Å². The summed E-state index contributed by atoms with van der Waals surface area (Å²) in [5.41, 5.74) is -4.35. The molecule has 4 rings (SSSR count). The molecule has 4 saturated heterocycles. The van der Waals surface area contributed by atoms with Gasteiger partial charge in [0.15, 0.2) is 18.7 Å². The molecule has 70 heavy (non-hydrogen) atoms. The minimum atomic E-state index is -1.97. The van der Waals surface area contributed by atoms with Crippen molar-refractivity contribution in [1.29, 1.82) is 0 Å². The Morgan fingerprint density at radius 2 is 1.43 bits per heavy atom. The number of rotatable bonds is 17. The number of hydrogen-bond donors (Lipinski definition) is 4. The quantitative estimate of drug-likeness (QED) is 0.154. The SMILES string of the molecule is CC[C@H]1OC(=O)[C@H](C)[C@@H](O[C@H]2C[C@@](C)(OC)[C@@H](OC(=O)CCN3CCN(CCN(CC)CC)CC3)[C@H](C)O2)[C@H](C)[C@@H](O[C@@H]2O[C@H](C)C[C@H](N(C)C)[C@H]2O)[C@](C)(OC)C[C@@H](C)C(=O)N[C@H](C)[C@@H](O)[C@]1(C)O. The third-order valence-electron chi connectivity index (χ3n) is 16.1. The summed E-state index contributed by atoms with van der Waals surface area (Å²) in [5, 5.41) is 38.0. The van der Waals surface area contributed by atoms with Crippen LogP contribution in [0.4, 0.5) is 0 Å². The maximum absolute atomic E-state index is 14.6. The second-order valence-corrected chi connectivity index (χ2v) is 21.7. The van der Waals surface area contributed by atoms with Crippen LogP contribution in [-0.2, 0) is 52.3 Å². The number of carbonyl (C=O) groups excluding carboxylic acids is 3. The van der Waals surface area contributed by atoms with Crippen LogP contribution < -0.4 is 5.32 Å². The standard InChI is InChI=1S/C51H95N5O14/c1-17-38-51(12,62)43(59)35(8)52-46(60)31(4)29-49(10,63-15)44(70-48-41(58)37(53(13)14)28-32(5)65-48)33(6)42(34(7)47(61)67-38)69-40-30-50(11,64-16)45(36(9)66-40)68-39(57)20-21-55-24-26-56(27-25-55)23-22-54(18-2)19-3/h31-38,40-45,48,58-59,62H,17-30H2,1-16H3,(H,52,60)/t31-,32-,33+,34-,35-,36+,37+,38-,40+,41-,42+,43-,44-,45+,48+,49-,50-,51-/m1/s1. The summed E-state index contributed by atoms with van der Waals surface area (Å²) in [6.07, 6.45) is -8.78. The van der Waals surface area contributed by atoms with E-state index in [0.717, 1.165) is 52.4 Å². The highest BCUT2D eigenvalue weighted by molar-refractivity contribution is 5.78. The summed E-state index contributed by atoms with van der Waals surface area (Å²) in [5.74, 6) is -4.07. The lowest BCUT2D eigenvalue weighted by Gasteiger charge is -2.49. The number of amides is 1. The van der Waals surface area contributed by atoms with Crippen molar-refractivity contribution in [2.24, 2.45) is 17.8 Å². The van der Waals surface area contributed by atoms with E-state index >= 15 is 0 Å². The van der Waals surface area contributed by atoms with Crippen molar-refractivity contribution < 1.29 is 67.6 Å².